The van der Waals surface area contributed by atoms with Crippen LogP contribution in [0.3, 0.4) is 0 Å². The summed E-state index contributed by atoms with van der Waals surface area (Å²) in [6, 6.07) is 20.8. The van der Waals surface area contributed by atoms with E-state index in [2.05, 4.69) is 47.4 Å². The molecule has 0 unspecified atom stereocenters. The molecule has 0 fully saturated rings. The molecule has 4 aromatic rings. The fourth-order valence-electron chi connectivity index (χ4n) is 3.96. The Balaban J connectivity index is 1.96. The van der Waals surface area contributed by atoms with E-state index in [0.29, 0.717) is 0 Å². The maximum absolute atomic E-state index is 8.11. The molecule has 28 heavy (non-hydrogen) atoms. The van der Waals surface area contributed by atoms with E-state index < -0.39 is 0 Å². The van der Waals surface area contributed by atoms with Crippen LogP contribution in [0.4, 0.5) is 0 Å². The first-order valence-electron chi connectivity index (χ1n) is 9.15. The van der Waals surface area contributed by atoms with Crippen LogP contribution in [0.1, 0.15) is 5.56 Å². The minimum Gasteiger partial charge on any atom is -0.299 e. The number of hydrogen-bond donors (Lipinski definition) is 2. The van der Waals surface area contributed by atoms with Crippen LogP contribution in [0.2, 0.25) is 0 Å². The average Bonchev–Trinajstić information content (AvgIpc) is 2.74. The number of fused-ring (bicyclic) bond motifs is 2. The SMILES string of the molecule is N=C1C=CC(c2c3ccccc3c(-c3cccnc3)c3ccccc23)=CC1=N. The summed E-state index contributed by atoms with van der Waals surface area (Å²) >= 11 is 0. The number of allylic oxidation sites excluding steroid dienone is 4. The highest BCUT2D eigenvalue weighted by molar-refractivity contribution is 6.50. The van der Waals surface area contributed by atoms with E-state index in [1.54, 1.807) is 18.3 Å². The molecule has 0 radical (unpaired) electrons. The first-order chi connectivity index (χ1) is 13.7. The molecule has 0 saturated heterocycles. The molecule has 1 aliphatic carbocycles. The van der Waals surface area contributed by atoms with Gasteiger partial charge < -0.3 is 0 Å². The third-order valence-electron chi connectivity index (χ3n) is 5.19. The normalized spacial score (nSPS) is 13.9. The van der Waals surface area contributed by atoms with Gasteiger partial charge in [0.25, 0.3) is 0 Å². The predicted molar refractivity (Wildman–Crippen MR) is 117 cm³/mol. The summed E-state index contributed by atoms with van der Waals surface area (Å²) in [4.78, 5) is 4.33. The smallest absolute Gasteiger partial charge is 0.0795 e. The Hall–Kier alpha value is -3.85. The summed E-state index contributed by atoms with van der Waals surface area (Å²) in [6.45, 7) is 0. The summed E-state index contributed by atoms with van der Waals surface area (Å²) in [5, 5.41) is 20.6. The molecule has 3 aromatic carbocycles. The highest BCUT2D eigenvalue weighted by atomic mass is 14.6. The maximum Gasteiger partial charge on any atom is 0.0795 e. The summed E-state index contributed by atoms with van der Waals surface area (Å²) in [7, 11) is 0. The molecule has 3 heteroatoms. The molecule has 0 atom stereocenters. The van der Waals surface area contributed by atoms with Crippen LogP contribution in [-0.4, -0.2) is 16.4 Å². The van der Waals surface area contributed by atoms with Gasteiger partial charge in [0.05, 0.1) is 11.4 Å². The maximum atomic E-state index is 8.11. The molecular weight excluding hydrogens is 342 g/mol. The van der Waals surface area contributed by atoms with Gasteiger partial charge >= 0.3 is 0 Å². The Morgan fingerprint density at radius 3 is 1.75 bits per heavy atom. The molecule has 5 rings (SSSR count). The average molecular weight is 359 g/mol. The highest BCUT2D eigenvalue weighted by Crippen LogP contribution is 2.42. The first kappa shape index (κ1) is 16.3. The van der Waals surface area contributed by atoms with Crippen LogP contribution >= 0.6 is 0 Å². The number of aromatic nitrogens is 1. The van der Waals surface area contributed by atoms with Gasteiger partial charge in [0.2, 0.25) is 0 Å². The lowest BCUT2D eigenvalue weighted by molar-refractivity contribution is 1.33. The lowest BCUT2D eigenvalue weighted by Gasteiger charge is -2.19. The number of nitrogens with one attached hydrogen (secondary N) is 2. The van der Waals surface area contributed by atoms with Gasteiger partial charge in [-0.05, 0) is 56.5 Å². The van der Waals surface area contributed by atoms with Gasteiger partial charge in [0.1, 0.15) is 0 Å². The first-order valence-corrected chi connectivity index (χ1v) is 9.15. The molecule has 0 amide bonds. The Labute approximate surface area is 162 Å². The molecule has 0 aliphatic heterocycles. The third kappa shape index (κ3) is 2.48. The Morgan fingerprint density at radius 1 is 0.607 bits per heavy atom. The molecule has 2 N–H and O–H groups in total. The number of nitrogens with zero attached hydrogens (tertiary/aromatic N) is 1. The summed E-state index contributed by atoms with van der Waals surface area (Å²) in [6.07, 6.45) is 9.14. The number of benzene rings is 3. The fourth-order valence-corrected chi connectivity index (χ4v) is 3.96. The fraction of sp³-hybridized carbons (Fsp3) is 0. The van der Waals surface area contributed by atoms with Gasteiger partial charge in [0.15, 0.2) is 0 Å². The molecule has 132 valence electrons. The van der Waals surface area contributed by atoms with Crippen LogP contribution in [0.25, 0.3) is 38.2 Å². The van der Waals surface area contributed by atoms with E-state index in [9.17, 15) is 0 Å². The largest absolute Gasteiger partial charge is 0.299 e. The topological polar surface area (TPSA) is 60.6 Å². The van der Waals surface area contributed by atoms with Crippen LogP contribution < -0.4 is 0 Å². The van der Waals surface area contributed by atoms with Crippen molar-refractivity contribution < 1.29 is 0 Å². The molecule has 1 aliphatic rings. The zero-order chi connectivity index (χ0) is 19.1. The minimum atomic E-state index is 0.238. The van der Waals surface area contributed by atoms with E-state index in [-0.39, 0.29) is 11.4 Å². The Bertz CT molecular complexity index is 1270. The van der Waals surface area contributed by atoms with Gasteiger partial charge in [-0.2, -0.15) is 0 Å². The second kappa shape index (κ2) is 6.39. The van der Waals surface area contributed by atoms with Crippen molar-refractivity contribution in [2.24, 2.45) is 0 Å². The highest BCUT2D eigenvalue weighted by Gasteiger charge is 2.18. The van der Waals surface area contributed by atoms with Crippen LogP contribution in [0.15, 0.2) is 91.3 Å². The minimum absolute atomic E-state index is 0.238. The summed E-state index contributed by atoms with van der Waals surface area (Å²) < 4.78 is 0. The van der Waals surface area contributed by atoms with Gasteiger partial charge in [0, 0.05) is 18.0 Å². The van der Waals surface area contributed by atoms with E-state index in [1.807, 2.05) is 30.5 Å². The van der Waals surface area contributed by atoms with Crippen molar-refractivity contribution in [2.75, 3.05) is 0 Å². The van der Waals surface area contributed by atoms with Gasteiger partial charge in [-0.15, -0.1) is 0 Å². The van der Waals surface area contributed by atoms with Crippen molar-refractivity contribution in [2.45, 2.75) is 0 Å². The summed E-state index contributed by atoms with van der Waals surface area (Å²) in [5.41, 5.74) is 4.81. The zero-order valence-electron chi connectivity index (χ0n) is 15.1. The van der Waals surface area contributed by atoms with Gasteiger partial charge in [-0.25, -0.2) is 0 Å². The van der Waals surface area contributed by atoms with Crippen molar-refractivity contribution in [3.8, 4) is 11.1 Å². The van der Waals surface area contributed by atoms with Gasteiger partial charge in [-0.3, -0.25) is 15.8 Å². The second-order valence-electron chi connectivity index (χ2n) is 6.84. The second-order valence-corrected chi connectivity index (χ2v) is 6.84. The lowest BCUT2D eigenvalue weighted by atomic mass is 9.85. The molecule has 1 heterocycles. The number of rotatable bonds is 2. The number of hydrogen-bond acceptors (Lipinski definition) is 3. The quantitative estimate of drug-likeness (QED) is 0.332. The molecular formula is C25H17N3. The Kier molecular flexibility index (Phi) is 3.73. The summed E-state index contributed by atoms with van der Waals surface area (Å²) in [5.74, 6) is 0. The standard InChI is InChI=1S/C25H17N3/c26-22-12-11-16(14-23(22)27)24-18-7-1-3-9-20(18)25(17-6-5-13-28-15-17)21-10-4-2-8-19(21)24/h1-15,26-27H. The van der Waals surface area contributed by atoms with Crippen LogP contribution in [0, 0.1) is 10.8 Å². The molecule has 0 saturated carbocycles. The molecule has 1 aromatic heterocycles. The Morgan fingerprint density at radius 2 is 1.21 bits per heavy atom. The van der Waals surface area contributed by atoms with E-state index in [4.69, 9.17) is 10.8 Å². The van der Waals surface area contributed by atoms with Crippen molar-refractivity contribution in [1.82, 2.24) is 4.98 Å². The van der Waals surface area contributed by atoms with Crippen molar-refractivity contribution in [1.29, 1.82) is 10.8 Å². The molecule has 0 spiro atoms. The third-order valence-corrected chi connectivity index (χ3v) is 5.19. The van der Waals surface area contributed by atoms with E-state index in [0.717, 1.165) is 38.2 Å². The van der Waals surface area contributed by atoms with Crippen molar-refractivity contribution >= 4 is 38.5 Å². The van der Waals surface area contributed by atoms with Crippen molar-refractivity contribution in [3.05, 3.63) is 96.8 Å². The molecule has 3 nitrogen and oxygen atoms in total. The van der Waals surface area contributed by atoms with Gasteiger partial charge in [-0.1, -0.05) is 60.7 Å². The molecule has 0 bridgehead atoms. The number of pyridine rings is 1. The predicted octanol–water partition coefficient (Wildman–Crippen LogP) is 6.05. The zero-order valence-corrected chi connectivity index (χ0v) is 15.1. The monoisotopic (exact) mass is 359 g/mol. The lowest BCUT2D eigenvalue weighted by Crippen LogP contribution is -2.10. The van der Waals surface area contributed by atoms with E-state index >= 15 is 0 Å². The van der Waals surface area contributed by atoms with E-state index in [1.165, 1.54) is 5.56 Å². The van der Waals surface area contributed by atoms with Crippen LogP contribution in [0.5, 0.6) is 0 Å². The van der Waals surface area contributed by atoms with Crippen molar-refractivity contribution in [3.63, 3.8) is 0 Å². The van der Waals surface area contributed by atoms with Crippen LogP contribution in [-0.2, 0) is 0 Å².